The highest BCUT2D eigenvalue weighted by molar-refractivity contribution is 5.72. The standard InChI is InChI=1S/C18H19NO2/c19-16-7-6-14-13(3-1-4-15(14)16)12-5-8-17-18(11-12)21-10-2-9-20-17/h1,3-5,8,11,16H,2,6-7,9-10,19H2. The van der Waals surface area contributed by atoms with E-state index in [2.05, 4.69) is 30.3 Å². The lowest BCUT2D eigenvalue weighted by atomic mass is 9.96. The van der Waals surface area contributed by atoms with Crippen molar-refractivity contribution in [2.45, 2.75) is 25.3 Å². The van der Waals surface area contributed by atoms with Crippen LogP contribution in [0.5, 0.6) is 11.5 Å². The topological polar surface area (TPSA) is 44.5 Å². The lowest BCUT2D eigenvalue weighted by molar-refractivity contribution is 0.297. The molecule has 0 fully saturated rings. The first kappa shape index (κ1) is 12.7. The Bertz CT molecular complexity index is 681. The lowest BCUT2D eigenvalue weighted by Gasteiger charge is -2.13. The van der Waals surface area contributed by atoms with E-state index >= 15 is 0 Å². The van der Waals surface area contributed by atoms with Crippen molar-refractivity contribution in [3.63, 3.8) is 0 Å². The Morgan fingerprint density at radius 2 is 1.86 bits per heavy atom. The summed E-state index contributed by atoms with van der Waals surface area (Å²) in [5.74, 6) is 1.70. The first-order chi connectivity index (χ1) is 10.3. The van der Waals surface area contributed by atoms with Gasteiger partial charge in [0.2, 0.25) is 0 Å². The van der Waals surface area contributed by atoms with E-state index in [4.69, 9.17) is 15.2 Å². The van der Waals surface area contributed by atoms with Crippen LogP contribution in [0.25, 0.3) is 11.1 Å². The summed E-state index contributed by atoms with van der Waals surface area (Å²) >= 11 is 0. The van der Waals surface area contributed by atoms with Crippen molar-refractivity contribution in [2.75, 3.05) is 13.2 Å². The zero-order valence-electron chi connectivity index (χ0n) is 12.0. The van der Waals surface area contributed by atoms with Crippen LogP contribution in [0.1, 0.15) is 30.0 Å². The molecule has 0 radical (unpaired) electrons. The highest BCUT2D eigenvalue weighted by Gasteiger charge is 2.22. The molecule has 3 nitrogen and oxygen atoms in total. The van der Waals surface area contributed by atoms with E-state index < -0.39 is 0 Å². The van der Waals surface area contributed by atoms with Gasteiger partial charge in [0.25, 0.3) is 0 Å². The summed E-state index contributed by atoms with van der Waals surface area (Å²) in [6.45, 7) is 1.44. The Morgan fingerprint density at radius 3 is 2.76 bits per heavy atom. The molecule has 0 aromatic heterocycles. The van der Waals surface area contributed by atoms with Gasteiger partial charge in [-0.1, -0.05) is 24.3 Å². The maximum Gasteiger partial charge on any atom is 0.161 e. The van der Waals surface area contributed by atoms with Gasteiger partial charge in [-0.15, -0.1) is 0 Å². The van der Waals surface area contributed by atoms with Crippen LogP contribution in [0.15, 0.2) is 36.4 Å². The Morgan fingerprint density at radius 1 is 1.00 bits per heavy atom. The second-order valence-corrected chi connectivity index (χ2v) is 5.73. The molecule has 2 aromatic rings. The molecule has 0 saturated heterocycles. The Kier molecular flexibility index (Phi) is 3.08. The summed E-state index contributed by atoms with van der Waals surface area (Å²) in [4.78, 5) is 0. The molecule has 3 heteroatoms. The van der Waals surface area contributed by atoms with Gasteiger partial charge in [-0.2, -0.15) is 0 Å². The van der Waals surface area contributed by atoms with Crippen molar-refractivity contribution < 1.29 is 9.47 Å². The fraction of sp³-hybridized carbons (Fsp3) is 0.333. The maximum atomic E-state index is 6.18. The van der Waals surface area contributed by atoms with Crippen molar-refractivity contribution in [2.24, 2.45) is 5.73 Å². The number of nitrogens with two attached hydrogens (primary N) is 1. The molecule has 21 heavy (non-hydrogen) atoms. The molecular weight excluding hydrogens is 262 g/mol. The Labute approximate surface area is 124 Å². The Hall–Kier alpha value is -2.00. The van der Waals surface area contributed by atoms with Gasteiger partial charge in [0.1, 0.15) is 0 Å². The summed E-state index contributed by atoms with van der Waals surface area (Å²) < 4.78 is 11.5. The molecule has 1 heterocycles. The van der Waals surface area contributed by atoms with Gasteiger partial charge < -0.3 is 15.2 Å². The highest BCUT2D eigenvalue weighted by Crippen LogP contribution is 2.39. The number of hydrogen-bond acceptors (Lipinski definition) is 3. The molecule has 0 bridgehead atoms. The van der Waals surface area contributed by atoms with Gasteiger partial charge in [0.15, 0.2) is 11.5 Å². The first-order valence-electron chi connectivity index (χ1n) is 7.60. The van der Waals surface area contributed by atoms with E-state index in [9.17, 15) is 0 Å². The third-order valence-corrected chi connectivity index (χ3v) is 4.38. The fourth-order valence-corrected chi connectivity index (χ4v) is 3.29. The summed E-state index contributed by atoms with van der Waals surface area (Å²) in [5, 5.41) is 0. The molecule has 1 atom stereocenters. The molecular formula is C18H19NO2. The third-order valence-electron chi connectivity index (χ3n) is 4.38. The monoisotopic (exact) mass is 281 g/mol. The van der Waals surface area contributed by atoms with Crippen molar-refractivity contribution >= 4 is 0 Å². The zero-order valence-corrected chi connectivity index (χ0v) is 12.0. The molecule has 1 aliphatic heterocycles. The Balaban J connectivity index is 1.80. The second-order valence-electron chi connectivity index (χ2n) is 5.73. The first-order valence-corrected chi connectivity index (χ1v) is 7.60. The van der Waals surface area contributed by atoms with Crippen LogP contribution in [-0.2, 0) is 6.42 Å². The van der Waals surface area contributed by atoms with Crippen LogP contribution in [0.2, 0.25) is 0 Å². The van der Waals surface area contributed by atoms with E-state index in [1.165, 1.54) is 22.3 Å². The quantitative estimate of drug-likeness (QED) is 0.870. The molecule has 1 aliphatic carbocycles. The lowest BCUT2D eigenvalue weighted by Crippen LogP contribution is -2.04. The molecule has 0 amide bonds. The number of hydrogen-bond donors (Lipinski definition) is 1. The van der Waals surface area contributed by atoms with Crippen molar-refractivity contribution in [3.8, 4) is 22.6 Å². The molecule has 2 aliphatic rings. The molecule has 0 spiro atoms. The number of benzene rings is 2. The molecule has 2 aromatic carbocycles. The zero-order chi connectivity index (χ0) is 14.2. The third kappa shape index (κ3) is 2.18. The van der Waals surface area contributed by atoms with Crippen molar-refractivity contribution in [1.82, 2.24) is 0 Å². The molecule has 4 rings (SSSR count). The molecule has 2 N–H and O–H groups in total. The van der Waals surface area contributed by atoms with Gasteiger partial charge >= 0.3 is 0 Å². The van der Waals surface area contributed by atoms with Gasteiger partial charge in [-0.25, -0.2) is 0 Å². The average Bonchev–Trinajstić information content (AvgIpc) is 2.75. The van der Waals surface area contributed by atoms with Crippen molar-refractivity contribution in [3.05, 3.63) is 47.5 Å². The summed E-state index contributed by atoms with van der Waals surface area (Å²) in [7, 11) is 0. The van der Waals surface area contributed by atoms with E-state index in [1.807, 2.05) is 6.07 Å². The molecule has 0 saturated carbocycles. The van der Waals surface area contributed by atoms with Crippen LogP contribution >= 0.6 is 0 Å². The molecule has 1 unspecified atom stereocenters. The van der Waals surface area contributed by atoms with Crippen LogP contribution in [0.3, 0.4) is 0 Å². The summed E-state index contributed by atoms with van der Waals surface area (Å²) in [6.07, 6.45) is 3.03. The second kappa shape index (κ2) is 5.08. The highest BCUT2D eigenvalue weighted by atomic mass is 16.5. The van der Waals surface area contributed by atoms with Crippen LogP contribution in [0, 0.1) is 0 Å². The van der Waals surface area contributed by atoms with E-state index in [-0.39, 0.29) is 6.04 Å². The predicted molar refractivity (Wildman–Crippen MR) is 82.7 cm³/mol. The van der Waals surface area contributed by atoms with Gasteiger partial charge in [-0.05, 0) is 47.2 Å². The number of rotatable bonds is 1. The number of ether oxygens (including phenoxy) is 2. The SMILES string of the molecule is NC1CCc2c(-c3ccc4c(c3)OCCCO4)cccc21. The van der Waals surface area contributed by atoms with Gasteiger partial charge in [0, 0.05) is 12.5 Å². The van der Waals surface area contributed by atoms with Crippen LogP contribution in [-0.4, -0.2) is 13.2 Å². The van der Waals surface area contributed by atoms with Crippen molar-refractivity contribution in [1.29, 1.82) is 0 Å². The smallest absolute Gasteiger partial charge is 0.161 e. The van der Waals surface area contributed by atoms with Gasteiger partial charge in [0.05, 0.1) is 13.2 Å². The van der Waals surface area contributed by atoms with E-state index in [1.54, 1.807) is 0 Å². The number of fused-ring (bicyclic) bond motifs is 2. The minimum atomic E-state index is 0.181. The minimum Gasteiger partial charge on any atom is -0.490 e. The largest absolute Gasteiger partial charge is 0.490 e. The summed E-state index contributed by atoms with van der Waals surface area (Å²) in [5.41, 5.74) is 11.3. The van der Waals surface area contributed by atoms with E-state index in [0.717, 1.165) is 37.4 Å². The van der Waals surface area contributed by atoms with Crippen LogP contribution < -0.4 is 15.2 Å². The maximum absolute atomic E-state index is 6.18. The summed E-state index contributed by atoms with van der Waals surface area (Å²) in [6, 6.07) is 12.8. The van der Waals surface area contributed by atoms with Gasteiger partial charge in [-0.3, -0.25) is 0 Å². The normalized spacial score (nSPS) is 20.0. The average molecular weight is 281 g/mol. The van der Waals surface area contributed by atoms with Crippen LogP contribution in [0.4, 0.5) is 0 Å². The predicted octanol–water partition coefficient (Wildman–Crippen LogP) is 3.46. The molecule has 108 valence electrons. The fourth-order valence-electron chi connectivity index (χ4n) is 3.29. The minimum absolute atomic E-state index is 0.181. The van der Waals surface area contributed by atoms with E-state index in [0.29, 0.717) is 6.61 Å².